The van der Waals surface area contributed by atoms with Crippen molar-refractivity contribution in [3.63, 3.8) is 0 Å². The normalized spacial score (nSPS) is 12.6. The number of aliphatic carboxylic acids is 1. The van der Waals surface area contributed by atoms with Gasteiger partial charge < -0.3 is 15.6 Å². The number of rotatable bonds is 5. The summed E-state index contributed by atoms with van der Waals surface area (Å²) >= 11 is 0. The topological polar surface area (TPSA) is 72.5 Å². The van der Waals surface area contributed by atoms with E-state index in [9.17, 15) is 4.79 Å². The van der Waals surface area contributed by atoms with E-state index in [4.69, 9.17) is 15.6 Å². The smallest absolute Gasteiger partial charge is 0.328 e. The van der Waals surface area contributed by atoms with E-state index >= 15 is 0 Å². The molecule has 0 saturated carbocycles. The van der Waals surface area contributed by atoms with Crippen LogP contribution in [0, 0.1) is 0 Å². The Morgan fingerprint density at radius 3 is 2.82 bits per heavy atom. The lowest BCUT2D eigenvalue weighted by atomic mass is 10.0. The number of hydrogen-bond acceptors (Lipinski definition) is 3. The summed E-state index contributed by atoms with van der Waals surface area (Å²) in [6, 6.07) is 5.28. The van der Waals surface area contributed by atoms with Gasteiger partial charge in [0.2, 0.25) is 0 Å². The van der Waals surface area contributed by atoms with Crippen LogP contribution in [-0.4, -0.2) is 18.2 Å². The zero-order valence-corrected chi connectivity index (χ0v) is 10.0. The van der Waals surface area contributed by atoms with Gasteiger partial charge in [0, 0.05) is 11.6 Å². The molecule has 17 heavy (non-hydrogen) atoms. The minimum absolute atomic E-state index is 0.479. The molecule has 0 aliphatic carbocycles. The molecule has 1 atom stereocenters. The van der Waals surface area contributed by atoms with Crippen LogP contribution < -0.4 is 10.5 Å². The Morgan fingerprint density at radius 2 is 2.29 bits per heavy atom. The fraction of sp³-hybridized carbons (Fsp3) is 0.308. The van der Waals surface area contributed by atoms with Gasteiger partial charge in [0.25, 0.3) is 0 Å². The Balaban J connectivity index is 3.04. The number of ether oxygens (including phenoxy) is 1. The molecule has 0 aliphatic rings. The van der Waals surface area contributed by atoms with E-state index in [1.54, 1.807) is 7.11 Å². The third kappa shape index (κ3) is 3.60. The third-order valence-electron chi connectivity index (χ3n) is 2.51. The van der Waals surface area contributed by atoms with Crippen molar-refractivity contribution in [3.05, 3.63) is 41.5 Å². The van der Waals surface area contributed by atoms with Gasteiger partial charge in [-0.1, -0.05) is 25.1 Å². The van der Waals surface area contributed by atoms with Crippen LogP contribution in [0.5, 0.6) is 5.75 Å². The molecule has 0 aliphatic heterocycles. The first kappa shape index (κ1) is 13.3. The summed E-state index contributed by atoms with van der Waals surface area (Å²) in [5.41, 5.74) is 7.85. The van der Waals surface area contributed by atoms with E-state index in [2.05, 4.69) is 0 Å². The van der Waals surface area contributed by atoms with Crippen molar-refractivity contribution in [1.82, 2.24) is 0 Å². The van der Waals surface area contributed by atoms with E-state index in [0.717, 1.165) is 23.6 Å². The van der Waals surface area contributed by atoms with E-state index in [0.29, 0.717) is 5.75 Å². The predicted octanol–water partition coefficient (Wildman–Crippen LogP) is 1.90. The average Bonchev–Trinajstić information content (AvgIpc) is 2.34. The van der Waals surface area contributed by atoms with Gasteiger partial charge in [-0.05, 0) is 18.1 Å². The van der Waals surface area contributed by atoms with Gasteiger partial charge in [0.1, 0.15) is 5.75 Å². The number of nitrogens with two attached hydrogens (primary N) is 1. The van der Waals surface area contributed by atoms with Gasteiger partial charge in [-0.25, -0.2) is 4.79 Å². The number of methoxy groups -OCH3 is 1. The lowest BCUT2D eigenvalue weighted by molar-refractivity contribution is -0.131. The second-order valence-electron chi connectivity index (χ2n) is 3.65. The highest BCUT2D eigenvalue weighted by atomic mass is 16.5. The number of carboxylic acid groups (broad SMARTS) is 1. The second kappa shape index (κ2) is 6.06. The largest absolute Gasteiger partial charge is 0.496 e. The molecule has 0 amide bonds. The van der Waals surface area contributed by atoms with Crippen molar-refractivity contribution in [2.75, 3.05) is 7.11 Å². The molecule has 4 heteroatoms. The molecule has 0 heterocycles. The molecule has 4 nitrogen and oxygen atoms in total. The fourth-order valence-corrected chi connectivity index (χ4v) is 1.55. The lowest BCUT2D eigenvalue weighted by Gasteiger charge is -2.13. The zero-order chi connectivity index (χ0) is 12.8. The summed E-state index contributed by atoms with van der Waals surface area (Å²) in [5.74, 6) is -0.337. The van der Waals surface area contributed by atoms with E-state index < -0.39 is 12.0 Å². The second-order valence-corrected chi connectivity index (χ2v) is 3.65. The Morgan fingerprint density at radius 1 is 1.59 bits per heavy atom. The Kier molecular flexibility index (Phi) is 4.72. The molecule has 1 aromatic rings. The highest BCUT2D eigenvalue weighted by Crippen LogP contribution is 2.26. The minimum atomic E-state index is -1.01. The van der Waals surface area contributed by atoms with Crippen molar-refractivity contribution < 1.29 is 14.6 Å². The Hall–Kier alpha value is -1.81. The standard InChI is InChI=1S/C13H17NO3/c1-3-9-4-6-12(17-2)10(8-9)11(14)5-7-13(15)16/h4-8,11H,3,14H2,1-2H3,(H,15,16)/b7-5+. The summed E-state index contributed by atoms with van der Waals surface area (Å²) in [6.07, 6.45) is 3.38. The highest BCUT2D eigenvalue weighted by Gasteiger charge is 2.10. The van der Waals surface area contributed by atoms with Gasteiger partial charge in [0.05, 0.1) is 13.2 Å². The molecule has 1 unspecified atom stereocenters. The Bertz CT molecular complexity index is 427. The first-order valence-electron chi connectivity index (χ1n) is 5.42. The first-order chi connectivity index (χ1) is 8.08. The number of carbonyl (C=O) groups is 1. The van der Waals surface area contributed by atoms with Crippen molar-refractivity contribution in [2.24, 2.45) is 5.73 Å². The van der Waals surface area contributed by atoms with Crippen LogP contribution in [0.2, 0.25) is 0 Å². The van der Waals surface area contributed by atoms with Crippen LogP contribution in [0.15, 0.2) is 30.4 Å². The van der Waals surface area contributed by atoms with Crippen LogP contribution >= 0.6 is 0 Å². The summed E-state index contributed by atoms with van der Waals surface area (Å²) < 4.78 is 5.21. The van der Waals surface area contributed by atoms with Crippen molar-refractivity contribution >= 4 is 5.97 Å². The summed E-state index contributed by atoms with van der Waals surface area (Å²) in [7, 11) is 1.57. The molecule has 0 radical (unpaired) electrons. The van der Waals surface area contributed by atoms with Gasteiger partial charge in [0.15, 0.2) is 0 Å². The van der Waals surface area contributed by atoms with E-state index in [1.807, 2.05) is 25.1 Å². The van der Waals surface area contributed by atoms with Gasteiger partial charge >= 0.3 is 5.97 Å². The predicted molar refractivity (Wildman–Crippen MR) is 66.1 cm³/mol. The number of aryl methyl sites for hydroxylation is 1. The minimum Gasteiger partial charge on any atom is -0.496 e. The number of benzene rings is 1. The Labute approximate surface area is 101 Å². The molecule has 1 aromatic carbocycles. The molecule has 0 saturated heterocycles. The molecule has 0 fully saturated rings. The molecule has 3 N–H and O–H groups in total. The molecular formula is C13H17NO3. The SMILES string of the molecule is CCc1ccc(OC)c(C(N)/C=C/C(=O)O)c1. The van der Waals surface area contributed by atoms with Gasteiger partial charge in [-0.2, -0.15) is 0 Å². The van der Waals surface area contributed by atoms with Crippen molar-refractivity contribution in [2.45, 2.75) is 19.4 Å². The van der Waals surface area contributed by atoms with Crippen LogP contribution in [0.1, 0.15) is 24.1 Å². The zero-order valence-electron chi connectivity index (χ0n) is 10.0. The summed E-state index contributed by atoms with van der Waals surface area (Å²) in [4.78, 5) is 10.4. The lowest BCUT2D eigenvalue weighted by Crippen LogP contribution is -2.10. The van der Waals surface area contributed by atoms with Gasteiger partial charge in [-0.15, -0.1) is 0 Å². The first-order valence-corrected chi connectivity index (χ1v) is 5.42. The maximum absolute atomic E-state index is 10.4. The maximum Gasteiger partial charge on any atom is 0.328 e. The van der Waals surface area contributed by atoms with Gasteiger partial charge in [-0.3, -0.25) is 0 Å². The number of carboxylic acids is 1. The van der Waals surface area contributed by atoms with E-state index in [1.165, 1.54) is 6.08 Å². The molecule has 0 bridgehead atoms. The maximum atomic E-state index is 10.4. The molecular weight excluding hydrogens is 218 g/mol. The highest BCUT2D eigenvalue weighted by molar-refractivity contribution is 5.79. The van der Waals surface area contributed by atoms with Crippen molar-refractivity contribution in [1.29, 1.82) is 0 Å². The van der Waals surface area contributed by atoms with Crippen LogP contribution in [-0.2, 0) is 11.2 Å². The third-order valence-corrected chi connectivity index (χ3v) is 2.51. The fourth-order valence-electron chi connectivity index (χ4n) is 1.55. The quantitative estimate of drug-likeness (QED) is 0.764. The summed E-state index contributed by atoms with van der Waals surface area (Å²) in [5, 5.41) is 8.56. The number of hydrogen-bond donors (Lipinski definition) is 2. The van der Waals surface area contributed by atoms with E-state index in [-0.39, 0.29) is 0 Å². The molecule has 92 valence electrons. The molecule has 1 rings (SSSR count). The van der Waals surface area contributed by atoms with Crippen LogP contribution in [0.3, 0.4) is 0 Å². The molecule has 0 aromatic heterocycles. The van der Waals surface area contributed by atoms with Crippen LogP contribution in [0.25, 0.3) is 0 Å². The van der Waals surface area contributed by atoms with Crippen LogP contribution in [0.4, 0.5) is 0 Å². The summed E-state index contributed by atoms with van der Waals surface area (Å²) in [6.45, 7) is 2.05. The average molecular weight is 235 g/mol. The monoisotopic (exact) mass is 235 g/mol. The molecule has 0 spiro atoms. The van der Waals surface area contributed by atoms with Crippen molar-refractivity contribution in [3.8, 4) is 5.75 Å².